The quantitative estimate of drug-likeness (QED) is 0.836. The van der Waals surface area contributed by atoms with Crippen LogP contribution in [0.2, 0.25) is 0 Å². The molecule has 7 nitrogen and oxygen atoms in total. The molecule has 0 fully saturated rings. The molecule has 1 aromatic heterocycles. The van der Waals surface area contributed by atoms with Gasteiger partial charge in [0.25, 0.3) is 0 Å². The van der Waals surface area contributed by atoms with E-state index in [1.54, 1.807) is 4.90 Å². The maximum Gasteiger partial charge on any atom is 0.242 e. The number of fused-ring (bicyclic) bond motifs is 1. The van der Waals surface area contributed by atoms with Gasteiger partial charge in [-0.25, -0.2) is 9.97 Å². The number of anilines is 1. The predicted octanol–water partition coefficient (Wildman–Crippen LogP) is 0.414. The molecule has 0 unspecified atom stereocenters. The summed E-state index contributed by atoms with van der Waals surface area (Å²) in [5.74, 6) is 1.27. The van der Waals surface area contributed by atoms with Gasteiger partial charge in [0.15, 0.2) is 5.82 Å². The van der Waals surface area contributed by atoms with Crippen molar-refractivity contribution in [3.05, 3.63) is 41.6 Å². The van der Waals surface area contributed by atoms with E-state index >= 15 is 0 Å². The molecule has 0 spiro atoms. The number of carbonyl (C=O) groups excluding carboxylic acids is 1. The lowest BCUT2D eigenvalue weighted by molar-refractivity contribution is -0.134. The van der Waals surface area contributed by atoms with Crippen molar-refractivity contribution in [2.24, 2.45) is 5.73 Å². The normalized spacial score (nSPS) is 14.8. The molecule has 0 aliphatic carbocycles. The zero-order valence-corrected chi connectivity index (χ0v) is 14.5. The van der Waals surface area contributed by atoms with Crippen molar-refractivity contribution in [3.8, 4) is 11.4 Å². The Hall–Kier alpha value is -2.51. The summed E-state index contributed by atoms with van der Waals surface area (Å²) in [4.78, 5) is 25.4. The second kappa shape index (κ2) is 7.16. The molecule has 2 aromatic rings. The van der Waals surface area contributed by atoms with Crippen LogP contribution in [0.15, 0.2) is 30.3 Å². The van der Waals surface area contributed by atoms with Crippen LogP contribution in [0, 0.1) is 0 Å². The van der Waals surface area contributed by atoms with E-state index in [1.165, 1.54) is 0 Å². The second-order valence-electron chi connectivity index (χ2n) is 6.36. The summed E-state index contributed by atoms with van der Waals surface area (Å²) in [7, 11) is 3.91. The van der Waals surface area contributed by atoms with Crippen LogP contribution in [0.5, 0.6) is 0 Å². The molecule has 1 atom stereocenters. The molecule has 1 aromatic carbocycles. The Morgan fingerprint density at radius 2 is 2.04 bits per heavy atom. The molecule has 1 aliphatic heterocycles. The number of rotatable bonds is 4. The molecule has 0 saturated carbocycles. The molecule has 3 rings (SSSR count). The number of benzene rings is 1. The van der Waals surface area contributed by atoms with Gasteiger partial charge in [-0.15, -0.1) is 0 Å². The molecule has 0 saturated heterocycles. The number of aromatic nitrogens is 2. The van der Waals surface area contributed by atoms with Crippen LogP contribution in [-0.4, -0.2) is 59.2 Å². The number of hydrogen-bond donors (Lipinski definition) is 2. The number of hydrogen-bond acceptors (Lipinski definition) is 6. The predicted molar refractivity (Wildman–Crippen MR) is 96.0 cm³/mol. The van der Waals surface area contributed by atoms with Crippen LogP contribution < -0.4 is 10.6 Å². The maximum absolute atomic E-state index is 12.3. The summed E-state index contributed by atoms with van der Waals surface area (Å²) < 4.78 is 0. The molecule has 0 bridgehead atoms. The van der Waals surface area contributed by atoms with Gasteiger partial charge in [-0.05, 0) is 6.42 Å². The minimum atomic E-state index is -0.884. The summed E-state index contributed by atoms with van der Waals surface area (Å²) in [5.41, 5.74) is 8.52. The highest BCUT2D eigenvalue weighted by molar-refractivity contribution is 5.82. The lowest BCUT2D eigenvalue weighted by atomic mass is 10.0. The van der Waals surface area contributed by atoms with Gasteiger partial charge in [0, 0.05) is 31.8 Å². The Balaban J connectivity index is 2.00. The van der Waals surface area contributed by atoms with Crippen LogP contribution in [0.3, 0.4) is 0 Å². The average molecular weight is 341 g/mol. The molecule has 1 amide bonds. The van der Waals surface area contributed by atoms with Gasteiger partial charge in [0.2, 0.25) is 5.91 Å². The summed E-state index contributed by atoms with van der Waals surface area (Å²) in [5, 5.41) is 9.14. The molecule has 2 heterocycles. The van der Waals surface area contributed by atoms with E-state index < -0.39 is 6.04 Å². The summed E-state index contributed by atoms with van der Waals surface area (Å²) in [6.07, 6.45) is 0.668. The number of carbonyl (C=O) groups is 1. The van der Waals surface area contributed by atoms with Gasteiger partial charge in [-0.1, -0.05) is 30.3 Å². The Bertz CT molecular complexity index is 764. The van der Waals surface area contributed by atoms with Crippen molar-refractivity contribution in [1.82, 2.24) is 14.9 Å². The van der Waals surface area contributed by atoms with E-state index in [-0.39, 0.29) is 12.5 Å². The van der Waals surface area contributed by atoms with Gasteiger partial charge < -0.3 is 20.6 Å². The average Bonchev–Trinajstić information content (AvgIpc) is 2.65. The summed E-state index contributed by atoms with van der Waals surface area (Å²) in [6, 6.07) is 8.90. The highest BCUT2D eigenvalue weighted by atomic mass is 16.3. The topological polar surface area (TPSA) is 95.6 Å². The molecule has 25 heavy (non-hydrogen) atoms. The Kier molecular flexibility index (Phi) is 4.96. The number of nitrogens with zero attached hydrogens (tertiary/aromatic N) is 4. The molecule has 0 radical (unpaired) electrons. The standard InChI is InChI=1S/C18H23N5O2/c1-22(2)17-13-8-9-23(18(25)14(19)11-24)10-15(13)20-16(21-17)12-6-4-3-5-7-12/h3-7,14,24H,8-11,19H2,1-2H3/t14-/m0/s1. The van der Waals surface area contributed by atoms with E-state index in [9.17, 15) is 4.79 Å². The SMILES string of the molecule is CN(C)c1nc(-c2ccccc2)nc2c1CCN(C(=O)[C@@H](N)CO)C2. The molecular formula is C18H23N5O2. The lowest BCUT2D eigenvalue weighted by Gasteiger charge is -2.31. The van der Waals surface area contributed by atoms with Gasteiger partial charge in [0.05, 0.1) is 18.8 Å². The zero-order chi connectivity index (χ0) is 18.0. The van der Waals surface area contributed by atoms with E-state index in [4.69, 9.17) is 20.8 Å². The highest BCUT2D eigenvalue weighted by Crippen LogP contribution is 2.28. The van der Waals surface area contributed by atoms with Crippen LogP contribution in [0.4, 0.5) is 5.82 Å². The van der Waals surface area contributed by atoms with Crippen molar-refractivity contribution in [2.45, 2.75) is 19.0 Å². The fourth-order valence-electron chi connectivity index (χ4n) is 3.00. The largest absolute Gasteiger partial charge is 0.394 e. The molecule has 7 heteroatoms. The summed E-state index contributed by atoms with van der Waals surface area (Å²) in [6.45, 7) is 0.573. The van der Waals surface area contributed by atoms with Crippen LogP contribution in [-0.2, 0) is 17.8 Å². The van der Waals surface area contributed by atoms with E-state index in [0.29, 0.717) is 25.3 Å². The van der Waals surface area contributed by atoms with Crippen molar-refractivity contribution in [3.63, 3.8) is 0 Å². The fourth-order valence-corrected chi connectivity index (χ4v) is 3.00. The fraction of sp³-hybridized carbons (Fsp3) is 0.389. The van der Waals surface area contributed by atoms with Gasteiger partial charge in [-0.2, -0.15) is 0 Å². The number of amides is 1. The van der Waals surface area contributed by atoms with Crippen molar-refractivity contribution in [1.29, 1.82) is 0 Å². The summed E-state index contributed by atoms with van der Waals surface area (Å²) >= 11 is 0. The zero-order valence-electron chi connectivity index (χ0n) is 14.5. The van der Waals surface area contributed by atoms with Crippen molar-refractivity contribution < 1.29 is 9.90 Å². The first-order valence-corrected chi connectivity index (χ1v) is 8.29. The third-order valence-electron chi connectivity index (χ3n) is 4.32. The first-order chi connectivity index (χ1) is 12.0. The Morgan fingerprint density at radius 1 is 1.32 bits per heavy atom. The third kappa shape index (κ3) is 3.47. The van der Waals surface area contributed by atoms with Gasteiger partial charge >= 0.3 is 0 Å². The third-order valence-corrected chi connectivity index (χ3v) is 4.32. The van der Waals surface area contributed by atoms with E-state index in [0.717, 1.165) is 22.6 Å². The second-order valence-corrected chi connectivity index (χ2v) is 6.36. The van der Waals surface area contributed by atoms with E-state index in [1.807, 2.05) is 49.3 Å². The van der Waals surface area contributed by atoms with Crippen LogP contribution >= 0.6 is 0 Å². The lowest BCUT2D eigenvalue weighted by Crippen LogP contribution is -2.47. The number of aliphatic hydroxyl groups excluding tert-OH is 1. The van der Waals surface area contributed by atoms with Gasteiger partial charge in [0.1, 0.15) is 11.9 Å². The first-order valence-electron chi connectivity index (χ1n) is 8.29. The maximum atomic E-state index is 12.3. The smallest absolute Gasteiger partial charge is 0.242 e. The van der Waals surface area contributed by atoms with Crippen molar-refractivity contribution in [2.75, 3.05) is 32.1 Å². The van der Waals surface area contributed by atoms with Crippen molar-refractivity contribution >= 4 is 11.7 Å². The minimum Gasteiger partial charge on any atom is -0.394 e. The highest BCUT2D eigenvalue weighted by Gasteiger charge is 2.28. The molecule has 132 valence electrons. The van der Waals surface area contributed by atoms with Crippen LogP contribution in [0.25, 0.3) is 11.4 Å². The first kappa shape index (κ1) is 17.3. The van der Waals surface area contributed by atoms with Gasteiger partial charge in [-0.3, -0.25) is 4.79 Å². The molecule has 1 aliphatic rings. The van der Waals surface area contributed by atoms with Crippen LogP contribution in [0.1, 0.15) is 11.3 Å². The molecular weight excluding hydrogens is 318 g/mol. The number of nitrogens with two attached hydrogens (primary N) is 1. The minimum absolute atomic E-state index is 0.251. The molecule has 3 N–H and O–H groups in total. The van der Waals surface area contributed by atoms with E-state index in [2.05, 4.69) is 0 Å². The Morgan fingerprint density at radius 3 is 2.68 bits per heavy atom. The Labute approximate surface area is 147 Å². The monoisotopic (exact) mass is 341 g/mol. The number of aliphatic hydroxyl groups is 1.